The van der Waals surface area contributed by atoms with Crippen molar-refractivity contribution >= 4 is 35.0 Å². The van der Waals surface area contributed by atoms with E-state index in [9.17, 15) is 9.59 Å². The van der Waals surface area contributed by atoms with Crippen molar-refractivity contribution in [3.8, 4) is 0 Å². The lowest BCUT2D eigenvalue weighted by Gasteiger charge is -2.34. The number of likely N-dealkylation sites (tertiary alicyclic amines) is 1. The second kappa shape index (κ2) is 11.0. The molecule has 1 aliphatic rings. The third-order valence-electron chi connectivity index (χ3n) is 5.58. The fraction of sp³-hybridized carbons (Fsp3) is 0.478. The number of furan rings is 1. The van der Waals surface area contributed by atoms with E-state index in [-0.39, 0.29) is 28.5 Å². The van der Waals surface area contributed by atoms with E-state index in [1.54, 1.807) is 18.4 Å². The van der Waals surface area contributed by atoms with Gasteiger partial charge in [-0.3, -0.25) is 14.5 Å². The topological polar surface area (TPSA) is 74.6 Å². The Balaban J connectivity index is 1.67. The molecule has 2 N–H and O–H groups in total. The molecule has 0 spiro atoms. The first-order chi connectivity index (χ1) is 14.9. The maximum absolute atomic E-state index is 13.0. The zero-order valence-corrected chi connectivity index (χ0v) is 19.4. The summed E-state index contributed by atoms with van der Waals surface area (Å²) in [7, 11) is 0. The number of carbonyl (C=O) groups is 2. The van der Waals surface area contributed by atoms with Crippen molar-refractivity contribution in [2.45, 2.75) is 45.2 Å². The summed E-state index contributed by atoms with van der Waals surface area (Å²) < 4.78 is 5.65. The first kappa shape index (κ1) is 23.6. The molecule has 0 saturated carbocycles. The van der Waals surface area contributed by atoms with Crippen LogP contribution in [0.4, 0.5) is 0 Å². The predicted molar refractivity (Wildman–Crippen MR) is 122 cm³/mol. The smallest absolute Gasteiger partial charge is 0.253 e. The molecular weight excluding hydrogens is 437 g/mol. The van der Waals surface area contributed by atoms with Crippen LogP contribution in [0.2, 0.25) is 10.0 Å². The molecule has 31 heavy (non-hydrogen) atoms. The van der Waals surface area contributed by atoms with Gasteiger partial charge in [0.2, 0.25) is 5.91 Å². The van der Waals surface area contributed by atoms with Crippen LogP contribution in [-0.2, 0) is 4.79 Å². The van der Waals surface area contributed by atoms with Crippen molar-refractivity contribution in [3.05, 3.63) is 58.0 Å². The highest BCUT2D eigenvalue weighted by atomic mass is 35.5. The van der Waals surface area contributed by atoms with E-state index >= 15 is 0 Å². The summed E-state index contributed by atoms with van der Waals surface area (Å²) in [4.78, 5) is 28.1. The van der Waals surface area contributed by atoms with E-state index in [1.165, 1.54) is 12.5 Å². The van der Waals surface area contributed by atoms with Crippen LogP contribution in [0.15, 0.2) is 41.0 Å². The summed E-state index contributed by atoms with van der Waals surface area (Å²) in [6, 6.07) is 7.73. The highest BCUT2D eigenvalue weighted by Crippen LogP contribution is 2.25. The molecule has 0 radical (unpaired) electrons. The summed E-state index contributed by atoms with van der Waals surface area (Å²) in [5, 5.41) is 6.53. The number of amides is 2. The molecule has 168 valence electrons. The summed E-state index contributed by atoms with van der Waals surface area (Å²) in [6.45, 7) is 6.14. The number of nitrogens with one attached hydrogen (secondary N) is 2. The van der Waals surface area contributed by atoms with Crippen LogP contribution in [0.5, 0.6) is 0 Å². The Morgan fingerprint density at radius 2 is 1.87 bits per heavy atom. The van der Waals surface area contributed by atoms with Crippen molar-refractivity contribution in [3.63, 3.8) is 0 Å². The number of carbonyl (C=O) groups excluding carboxylic acids is 2. The first-order valence-electron chi connectivity index (χ1n) is 10.7. The standard InChI is InChI=1S/C23H29Cl2N3O3/c1-15(2)21(27-22(29)17-9-8-16(24)13-18(17)25)23(30)26-14-19(20-7-6-12-31-20)28-10-4-3-5-11-28/h6-9,12-13,15,19,21H,3-5,10-11,14H2,1-2H3,(H,26,30)(H,27,29). The van der Waals surface area contributed by atoms with Gasteiger partial charge in [0.15, 0.2) is 0 Å². The van der Waals surface area contributed by atoms with Crippen LogP contribution in [0.3, 0.4) is 0 Å². The summed E-state index contributed by atoms with van der Waals surface area (Å²) >= 11 is 12.1. The Kier molecular flexibility index (Phi) is 8.41. The fourth-order valence-electron chi connectivity index (χ4n) is 3.86. The van der Waals surface area contributed by atoms with E-state index in [1.807, 2.05) is 26.0 Å². The predicted octanol–water partition coefficient (Wildman–Crippen LogP) is 4.68. The average Bonchev–Trinajstić information content (AvgIpc) is 3.27. The Morgan fingerprint density at radius 1 is 1.13 bits per heavy atom. The van der Waals surface area contributed by atoms with E-state index in [4.69, 9.17) is 27.6 Å². The molecule has 1 aromatic heterocycles. The summed E-state index contributed by atoms with van der Waals surface area (Å²) in [6.07, 6.45) is 5.15. The van der Waals surface area contributed by atoms with Gasteiger partial charge in [0, 0.05) is 11.6 Å². The van der Waals surface area contributed by atoms with E-state index in [2.05, 4.69) is 15.5 Å². The van der Waals surface area contributed by atoms with Crippen molar-refractivity contribution < 1.29 is 14.0 Å². The lowest BCUT2D eigenvalue weighted by Crippen LogP contribution is -2.51. The molecule has 1 aliphatic heterocycles. The molecule has 2 heterocycles. The second-order valence-electron chi connectivity index (χ2n) is 8.19. The number of halogens is 2. The minimum absolute atomic E-state index is 0.0338. The molecule has 3 rings (SSSR count). The van der Waals surface area contributed by atoms with E-state index < -0.39 is 11.9 Å². The maximum Gasteiger partial charge on any atom is 0.253 e. The molecule has 1 aromatic carbocycles. The molecule has 2 aromatic rings. The van der Waals surface area contributed by atoms with Gasteiger partial charge in [-0.05, 0) is 62.2 Å². The number of piperidine rings is 1. The van der Waals surface area contributed by atoms with E-state index in [0.29, 0.717) is 11.6 Å². The SMILES string of the molecule is CC(C)C(NC(=O)c1ccc(Cl)cc1Cl)C(=O)NCC(c1ccco1)N1CCCCC1. The maximum atomic E-state index is 13.0. The highest BCUT2D eigenvalue weighted by Gasteiger charge is 2.29. The molecule has 2 atom stereocenters. The second-order valence-corrected chi connectivity index (χ2v) is 9.04. The monoisotopic (exact) mass is 465 g/mol. The van der Waals surface area contributed by atoms with Gasteiger partial charge < -0.3 is 15.1 Å². The highest BCUT2D eigenvalue weighted by molar-refractivity contribution is 6.36. The Morgan fingerprint density at radius 3 is 2.48 bits per heavy atom. The fourth-order valence-corrected chi connectivity index (χ4v) is 4.35. The van der Waals surface area contributed by atoms with Gasteiger partial charge in [-0.1, -0.05) is 43.5 Å². The van der Waals surface area contributed by atoms with Crippen LogP contribution in [-0.4, -0.2) is 42.4 Å². The van der Waals surface area contributed by atoms with Gasteiger partial charge in [0.25, 0.3) is 5.91 Å². The normalized spacial score (nSPS) is 16.7. The number of rotatable bonds is 8. The van der Waals surface area contributed by atoms with Gasteiger partial charge in [-0.2, -0.15) is 0 Å². The number of hydrogen-bond acceptors (Lipinski definition) is 4. The van der Waals surface area contributed by atoms with Crippen LogP contribution in [0.25, 0.3) is 0 Å². The van der Waals surface area contributed by atoms with Gasteiger partial charge in [-0.25, -0.2) is 0 Å². The zero-order valence-electron chi connectivity index (χ0n) is 17.9. The summed E-state index contributed by atoms with van der Waals surface area (Å²) in [5.41, 5.74) is 0.284. The Labute approximate surface area is 193 Å². The summed E-state index contributed by atoms with van der Waals surface area (Å²) in [5.74, 6) is 0.0866. The van der Waals surface area contributed by atoms with Crippen molar-refractivity contribution in [2.75, 3.05) is 19.6 Å². The number of nitrogens with zero attached hydrogens (tertiary/aromatic N) is 1. The third-order valence-corrected chi connectivity index (χ3v) is 6.13. The van der Waals surface area contributed by atoms with Crippen LogP contribution in [0, 0.1) is 5.92 Å². The minimum atomic E-state index is -0.696. The third kappa shape index (κ3) is 6.25. The Hall–Kier alpha value is -2.02. The van der Waals surface area contributed by atoms with Crippen LogP contribution >= 0.6 is 23.2 Å². The first-order valence-corrected chi connectivity index (χ1v) is 11.4. The van der Waals surface area contributed by atoms with E-state index in [0.717, 1.165) is 31.7 Å². The minimum Gasteiger partial charge on any atom is -0.468 e. The van der Waals surface area contributed by atoms with Crippen molar-refractivity contribution in [2.24, 2.45) is 5.92 Å². The number of benzene rings is 1. The van der Waals surface area contributed by atoms with Crippen LogP contribution in [0.1, 0.15) is 55.3 Å². The number of hydrogen-bond donors (Lipinski definition) is 2. The average molecular weight is 466 g/mol. The lowest BCUT2D eigenvalue weighted by atomic mass is 10.0. The van der Waals surface area contributed by atoms with Gasteiger partial charge in [0.1, 0.15) is 11.8 Å². The molecule has 8 heteroatoms. The molecule has 2 unspecified atom stereocenters. The lowest BCUT2D eigenvalue weighted by molar-refractivity contribution is -0.124. The molecule has 0 bridgehead atoms. The van der Waals surface area contributed by atoms with Gasteiger partial charge >= 0.3 is 0 Å². The molecule has 2 amide bonds. The molecule has 0 aliphatic carbocycles. The molecule has 6 nitrogen and oxygen atoms in total. The van der Waals surface area contributed by atoms with Gasteiger partial charge in [0.05, 0.1) is 22.9 Å². The molecule has 1 saturated heterocycles. The molecular formula is C23H29Cl2N3O3. The van der Waals surface area contributed by atoms with Crippen molar-refractivity contribution in [1.29, 1.82) is 0 Å². The van der Waals surface area contributed by atoms with Crippen molar-refractivity contribution in [1.82, 2.24) is 15.5 Å². The Bertz CT molecular complexity index is 880. The van der Waals surface area contributed by atoms with Gasteiger partial charge in [-0.15, -0.1) is 0 Å². The van der Waals surface area contributed by atoms with Crippen LogP contribution < -0.4 is 10.6 Å². The zero-order chi connectivity index (χ0) is 22.4. The largest absolute Gasteiger partial charge is 0.468 e. The quantitative estimate of drug-likeness (QED) is 0.592. The molecule has 1 fully saturated rings.